The largest absolute Gasteiger partial charge is 0.489 e. The molecule has 1 aromatic carbocycles. The highest BCUT2D eigenvalue weighted by molar-refractivity contribution is 5.41. The van der Waals surface area contributed by atoms with Crippen LogP contribution in [0.4, 0.5) is 0 Å². The van der Waals surface area contributed by atoms with Crippen molar-refractivity contribution in [1.29, 1.82) is 0 Å². The third-order valence-corrected chi connectivity index (χ3v) is 2.99. The van der Waals surface area contributed by atoms with Gasteiger partial charge >= 0.3 is 0 Å². The Balaban J connectivity index is 2.06. The molecule has 0 atom stereocenters. The van der Waals surface area contributed by atoms with Gasteiger partial charge in [-0.25, -0.2) is 0 Å². The van der Waals surface area contributed by atoms with E-state index in [1.54, 1.807) is 0 Å². The Bertz CT molecular complexity index is 371. The summed E-state index contributed by atoms with van der Waals surface area (Å²) in [5.74, 6) is 1.05. The van der Waals surface area contributed by atoms with Crippen LogP contribution in [-0.2, 0) is 12.8 Å². The number of benzene rings is 1. The van der Waals surface area contributed by atoms with Crippen molar-refractivity contribution in [3.8, 4) is 5.75 Å². The molecule has 2 rings (SSSR count). The van der Waals surface area contributed by atoms with E-state index in [0.717, 1.165) is 12.2 Å². The average Bonchev–Trinajstić information content (AvgIpc) is 2.35. The number of aryl methyl sites for hydroxylation is 1. The van der Waals surface area contributed by atoms with Gasteiger partial charge in [0.1, 0.15) is 12.4 Å². The maximum atomic E-state index is 5.76. The van der Waals surface area contributed by atoms with Gasteiger partial charge in [0.2, 0.25) is 0 Å². The van der Waals surface area contributed by atoms with Gasteiger partial charge in [-0.3, -0.25) is 0 Å². The van der Waals surface area contributed by atoms with E-state index >= 15 is 0 Å². The highest BCUT2D eigenvalue weighted by atomic mass is 16.5. The first-order valence-corrected chi connectivity index (χ1v) is 6.00. The molecule has 0 saturated carbocycles. The number of hydrogen-bond donors (Lipinski definition) is 1. The highest BCUT2D eigenvalue weighted by Gasteiger charge is 2.12. The molecule has 0 fully saturated rings. The molecule has 16 heavy (non-hydrogen) atoms. The normalized spacial score (nSPS) is 15.1. The van der Waals surface area contributed by atoms with E-state index in [-0.39, 0.29) is 0 Å². The molecule has 0 bridgehead atoms. The van der Waals surface area contributed by atoms with Crippen LogP contribution in [0.1, 0.15) is 24.0 Å². The maximum Gasteiger partial charge on any atom is 0.123 e. The zero-order valence-corrected chi connectivity index (χ0v) is 9.61. The molecular formula is C14H19NO. The first-order chi connectivity index (χ1) is 7.92. The van der Waals surface area contributed by atoms with E-state index in [0.29, 0.717) is 13.2 Å². The highest BCUT2D eigenvalue weighted by Crippen LogP contribution is 2.29. The summed E-state index contributed by atoms with van der Waals surface area (Å²) in [7, 11) is 0. The first kappa shape index (κ1) is 11.2. The summed E-state index contributed by atoms with van der Waals surface area (Å²) in [4.78, 5) is 0. The Morgan fingerprint density at radius 3 is 2.94 bits per heavy atom. The molecule has 2 nitrogen and oxygen atoms in total. The topological polar surface area (TPSA) is 35.2 Å². The van der Waals surface area contributed by atoms with Crippen LogP contribution >= 0.6 is 0 Å². The molecule has 0 saturated heterocycles. The predicted molar refractivity (Wildman–Crippen MR) is 66.8 cm³/mol. The number of hydrogen-bond acceptors (Lipinski definition) is 2. The molecule has 0 unspecified atom stereocenters. The molecule has 1 aliphatic rings. The summed E-state index contributed by atoms with van der Waals surface area (Å²) >= 11 is 0. The fourth-order valence-corrected chi connectivity index (χ4v) is 2.18. The van der Waals surface area contributed by atoms with Gasteiger partial charge in [-0.15, -0.1) is 0 Å². The van der Waals surface area contributed by atoms with Gasteiger partial charge in [0.25, 0.3) is 0 Å². The van der Waals surface area contributed by atoms with Gasteiger partial charge in [0, 0.05) is 6.54 Å². The van der Waals surface area contributed by atoms with Crippen LogP contribution in [0.2, 0.25) is 0 Å². The maximum absolute atomic E-state index is 5.76. The predicted octanol–water partition coefficient (Wildman–Crippen LogP) is 2.46. The van der Waals surface area contributed by atoms with Crippen molar-refractivity contribution >= 4 is 0 Å². The van der Waals surface area contributed by atoms with Crippen molar-refractivity contribution in [2.24, 2.45) is 5.73 Å². The number of rotatable bonds is 4. The Kier molecular flexibility index (Phi) is 4.00. The fourth-order valence-electron chi connectivity index (χ4n) is 2.18. The van der Waals surface area contributed by atoms with Crippen molar-refractivity contribution in [2.75, 3.05) is 13.2 Å². The van der Waals surface area contributed by atoms with Crippen LogP contribution in [0.15, 0.2) is 30.4 Å². The Morgan fingerprint density at radius 1 is 1.19 bits per heavy atom. The van der Waals surface area contributed by atoms with Gasteiger partial charge in [-0.2, -0.15) is 0 Å². The van der Waals surface area contributed by atoms with Crippen LogP contribution in [-0.4, -0.2) is 13.2 Å². The van der Waals surface area contributed by atoms with Gasteiger partial charge in [-0.1, -0.05) is 24.3 Å². The number of fused-ring (bicyclic) bond motifs is 1. The van der Waals surface area contributed by atoms with Gasteiger partial charge in [0.05, 0.1) is 0 Å². The molecule has 0 radical (unpaired) electrons. The first-order valence-electron chi connectivity index (χ1n) is 6.00. The fraction of sp³-hybridized carbons (Fsp3) is 0.429. The minimum atomic E-state index is 0.580. The lowest BCUT2D eigenvalue weighted by molar-refractivity contribution is 0.356. The molecule has 0 amide bonds. The Morgan fingerprint density at radius 2 is 2.06 bits per heavy atom. The van der Waals surface area contributed by atoms with E-state index in [4.69, 9.17) is 10.5 Å². The summed E-state index contributed by atoms with van der Waals surface area (Å²) in [6.45, 7) is 1.20. The summed E-state index contributed by atoms with van der Waals surface area (Å²) in [5.41, 5.74) is 8.25. The molecule has 0 aliphatic heterocycles. The second-order valence-corrected chi connectivity index (χ2v) is 4.12. The van der Waals surface area contributed by atoms with E-state index in [9.17, 15) is 0 Å². The lowest BCUT2D eigenvalue weighted by Gasteiger charge is -2.18. The van der Waals surface area contributed by atoms with Gasteiger partial charge in [0.15, 0.2) is 0 Å². The number of ether oxygens (including phenoxy) is 1. The lowest BCUT2D eigenvalue weighted by Crippen LogP contribution is -2.06. The van der Waals surface area contributed by atoms with Gasteiger partial charge < -0.3 is 10.5 Å². The van der Waals surface area contributed by atoms with Crippen molar-refractivity contribution in [3.05, 3.63) is 41.5 Å². The summed E-state index contributed by atoms with van der Waals surface area (Å²) < 4.78 is 5.76. The molecule has 1 aromatic rings. The third-order valence-electron chi connectivity index (χ3n) is 2.99. The molecule has 2 heteroatoms. The summed E-state index contributed by atoms with van der Waals surface area (Å²) in [5, 5.41) is 0. The van der Waals surface area contributed by atoms with Crippen molar-refractivity contribution in [2.45, 2.75) is 25.7 Å². The Hall–Kier alpha value is -1.28. The van der Waals surface area contributed by atoms with E-state index < -0.39 is 0 Å². The van der Waals surface area contributed by atoms with Crippen molar-refractivity contribution in [1.82, 2.24) is 0 Å². The Labute approximate surface area is 97.1 Å². The monoisotopic (exact) mass is 217 g/mol. The SMILES string of the molecule is NC/C=C/COc1cccc2c1CCCC2. The minimum absolute atomic E-state index is 0.580. The molecule has 2 N–H and O–H groups in total. The molecule has 0 heterocycles. The van der Waals surface area contributed by atoms with Crippen LogP contribution < -0.4 is 10.5 Å². The van der Waals surface area contributed by atoms with Gasteiger partial charge in [-0.05, 0) is 42.9 Å². The third kappa shape index (κ3) is 2.64. The second-order valence-electron chi connectivity index (χ2n) is 4.12. The second kappa shape index (κ2) is 5.71. The van der Waals surface area contributed by atoms with E-state index in [2.05, 4.69) is 18.2 Å². The van der Waals surface area contributed by atoms with Crippen molar-refractivity contribution < 1.29 is 4.74 Å². The molecule has 0 spiro atoms. The van der Waals surface area contributed by atoms with Crippen molar-refractivity contribution in [3.63, 3.8) is 0 Å². The zero-order valence-electron chi connectivity index (χ0n) is 9.61. The zero-order chi connectivity index (χ0) is 11.2. The van der Waals surface area contributed by atoms with E-state index in [1.807, 2.05) is 12.2 Å². The van der Waals surface area contributed by atoms with Crippen LogP contribution in [0.3, 0.4) is 0 Å². The van der Waals surface area contributed by atoms with Crippen LogP contribution in [0.25, 0.3) is 0 Å². The summed E-state index contributed by atoms with van der Waals surface area (Å²) in [6, 6.07) is 6.38. The smallest absolute Gasteiger partial charge is 0.123 e. The summed E-state index contributed by atoms with van der Waals surface area (Å²) in [6.07, 6.45) is 8.85. The molecular weight excluding hydrogens is 198 g/mol. The standard InChI is InChI=1S/C14H19NO/c15-10-3-4-11-16-14-9-5-7-12-6-1-2-8-13(12)14/h3-5,7,9H,1-2,6,8,10-11,15H2/b4-3+. The quantitative estimate of drug-likeness (QED) is 0.786. The molecule has 1 aliphatic carbocycles. The van der Waals surface area contributed by atoms with Crippen LogP contribution in [0, 0.1) is 0 Å². The lowest BCUT2D eigenvalue weighted by atomic mass is 9.91. The molecule has 0 aromatic heterocycles. The number of nitrogens with two attached hydrogens (primary N) is 1. The molecule has 86 valence electrons. The average molecular weight is 217 g/mol. The van der Waals surface area contributed by atoms with Crippen LogP contribution in [0.5, 0.6) is 5.75 Å². The minimum Gasteiger partial charge on any atom is -0.489 e. The van der Waals surface area contributed by atoms with E-state index in [1.165, 1.54) is 30.4 Å².